The summed E-state index contributed by atoms with van der Waals surface area (Å²) in [5, 5.41) is 3.50. The zero-order chi connectivity index (χ0) is 10.8. The van der Waals surface area contributed by atoms with Gasteiger partial charge in [0.25, 0.3) is 0 Å². The molecule has 2 fully saturated rings. The third-order valence-corrected chi connectivity index (χ3v) is 3.16. The van der Waals surface area contributed by atoms with Crippen LogP contribution in [0.2, 0.25) is 0 Å². The largest absolute Gasteiger partial charge is 0.477 e. The van der Waals surface area contributed by atoms with Crippen LogP contribution in [0, 0.1) is 5.92 Å². The van der Waals surface area contributed by atoms with E-state index in [1.807, 2.05) is 12.3 Å². The van der Waals surface area contributed by atoms with E-state index in [9.17, 15) is 0 Å². The number of nitrogens with one attached hydrogen (secondary N) is 1. The van der Waals surface area contributed by atoms with Crippen molar-refractivity contribution in [3.05, 3.63) is 23.9 Å². The van der Waals surface area contributed by atoms with Gasteiger partial charge in [0.15, 0.2) is 0 Å². The van der Waals surface area contributed by atoms with Gasteiger partial charge in [-0.25, -0.2) is 4.98 Å². The normalized spacial score (nSPS) is 19.8. The van der Waals surface area contributed by atoms with Crippen molar-refractivity contribution in [3.63, 3.8) is 0 Å². The van der Waals surface area contributed by atoms with E-state index >= 15 is 0 Å². The quantitative estimate of drug-likeness (QED) is 0.794. The summed E-state index contributed by atoms with van der Waals surface area (Å²) in [6.45, 7) is 1.73. The monoisotopic (exact) mass is 218 g/mol. The van der Waals surface area contributed by atoms with E-state index in [-0.39, 0.29) is 0 Å². The Morgan fingerprint density at radius 1 is 1.31 bits per heavy atom. The van der Waals surface area contributed by atoms with Crippen molar-refractivity contribution in [3.8, 4) is 5.88 Å². The Balaban J connectivity index is 1.58. The first-order chi connectivity index (χ1) is 7.92. The van der Waals surface area contributed by atoms with Crippen molar-refractivity contribution < 1.29 is 4.74 Å². The highest BCUT2D eigenvalue weighted by Gasteiger charge is 2.23. The van der Waals surface area contributed by atoms with E-state index < -0.39 is 0 Å². The maximum absolute atomic E-state index is 5.76. The van der Waals surface area contributed by atoms with Crippen LogP contribution in [0.25, 0.3) is 0 Å². The fourth-order valence-corrected chi connectivity index (χ4v) is 1.71. The van der Waals surface area contributed by atoms with Crippen molar-refractivity contribution in [2.24, 2.45) is 5.92 Å². The van der Waals surface area contributed by atoms with Crippen LogP contribution in [0.4, 0.5) is 0 Å². The molecule has 1 heterocycles. The number of hydrogen-bond donors (Lipinski definition) is 1. The molecule has 0 unspecified atom stereocenters. The molecule has 0 spiro atoms. The van der Waals surface area contributed by atoms with Crippen LogP contribution >= 0.6 is 0 Å². The van der Waals surface area contributed by atoms with E-state index in [2.05, 4.69) is 16.4 Å². The van der Waals surface area contributed by atoms with Gasteiger partial charge in [0.2, 0.25) is 5.88 Å². The van der Waals surface area contributed by atoms with Gasteiger partial charge in [-0.3, -0.25) is 0 Å². The molecule has 16 heavy (non-hydrogen) atoms. The summed E-state index contributed by atoms with van der Waals surface area (Å²) < 4.78 is 5.76. The SMILES string of the molecule is c1cnc(OCC2CC2)c(CNC2CC2)c1. The summed E-state index contributed by atoms with van der Waals surface area (Å²) in [7, 11) is 0. The first kappa shape index (κ1) is 10.1. The smallest absolute Gasteiger partial charge is 0.217 e. The van der Waals surface area contributed by atoms with Gasteiger partial charge < -0.3 is 10.1 Å². The number of ether oxygens (including phenoxy) is 1. The molecule has 2 saturated carbocycles. The molecule has 3 rings (SSSR count). The van der Waals surface area contributed by atoms with Crippen LogP contribution < -0.4 is 10.1 Å². The minimum atomic E-state index is 0.733. The second-order valence-electron chi connectivity index (χ2n) is 4.88. The molecule has 2 aliphatic rings. The number of hydrogen-bond acceptors (Lipinski definition) is 3. The van der Waals surface area contributed by atoms with Crippen LogP contribution in [-0.2, 0) is 6.54 Å². The van der Waals surface area contributed by atoms with Gasteiger partial charge in [-0.1, -0.05) is 6.07 Å². The number of rotatable bonds is 6. The molecular weight excluding hydrogens is 200 g/mol. The fraction of sp³-hybridized carbons (Fsp3) is 0.615. The summed E-state index contributed by atoms with van der Waals surface area (Å²) in [6.07, 6.45) is 7.09. The minimum absolute atomic E-state index is 0.733. The average molecular weight is 218 g/mol. The summed E-state index contributed by atoms with van der Waals surface area (Å²) in [6, 6.07) is 4.81. The zero-order valence-corrected chi connectivity index (χ0v) is 9.48. The summed E-state index contributed by atoms with van der Waals surface area (Å²) >= 11 is 0. The van der Waals surface area contributed by atoms with E-state index in [4.69, 9.17) is 4.74 Å². The van der Waals surface area contributed by atoms with E-state index in [0.29, 0.717) is 0 Å². The molecule has 1 aromatic heterocycles. The number of pyridine rings is 1. The molecule has 0 amide bonds. The van der Waals surface area contributed by atoms with Crippen LogP contribution in [-0.4, -0.2) is 17.6 Å². The highest BCUT2D eigenvalue weighted by atomic mass is 16.5. The Labute approximate surface area is 96.2 Å². The molecule has 0 atom stereocenters. The predicted molar refractivity (Wildman–Crippen MR) is 62.3 cm³/mol. The molecule has 0 saturated heterocycles. The Morgan fingerprint density at radius 2 is 2.19 bits per heavy atom. The van der Waals surface area contributed by atoms with Gasteiger partial charge in [-0.2, -0.15) is 0 Å². The first-order valence-corrected chi connectivity index (χ1v) is 6.22. The number of nitrogens with zero attached hydrogens (tertiary/aromatic N) is 1. The maximum Gasteiger partial charge on any atom is 0.217 e. The van der Waals surface area contributed by atoms with Gasteiger partial charge in [0, 0.05) is 24.3 Å². The summed E-state index contributed by atoms with van der Waals surface area (Å²) in [5.41, 5.74) is 1.19. The van der Waals surface area contributed by atoms with Crippen LogP contribution in [0.5, 0.6) is 5.88 Å². The lowest BCUT2D eigenvalue weighted by Crippen LogP contribution is -2.16. The van der Waals surface area contributed by atoms with E-state index in [1.165, 1.54) is 31.2 Å². The summed E-state index contributed by atoms with van der Waals surface area (Å²) in [5.74, 6) is 1.61. The molecule has 0 aliphatic heterocycles. The molecule has 2 aliphatic carbocycles. The molecule has 0 bridgehead atoms. The van der Waals surface area contributed by atoms with Gasteiger partial charge in [0.1, 0.15) is 0 Å². The van der Waals surface area contributed by atoms with Gasteiger partial charge in [0.05, 0.1) is 6.61 Å². The Morgan fingerprint density at radius 3 is 2.94 bits per heavy atom. The van der Waals surface area contributed by atoms with E-state index in [0.717, 1.165) is 31.0 Å². The number of aromatic nitrogens is 1. The molecule has 0 aromatic carbocycles. The van der Waals surface area contributed by atoms with Crippen molar-refractivity contribution >= 4 is 0 Å². The highest BCUT2D eigenvalue weighted by Crippen LogP contribution is 2.30. The average Bonchev–Trinajstić information content (AvgIpc) is 3.17. The molecule has 1 N–H and O–H groups in total. The third-order valence-electron chi connectivity index (χ3n) is 3.16. The molecule has 86 valence electrons. The van der Waals surface area contributed by atoms with Gasteiger partial charge in [-0.15, -0.1) is 0 Å². The maximum atomic E-state index is 5.76. The zero-order valence-electron chi connectivity index (χ0n) is 9.48. The van der Waals surface area contributed by atoms with Crippen molar-refractivity contribution in [2.75, 3.05) is 6.61 Å². The van der Waals surface area contributed by atoms with Crippen molar-refractivity contribution in [1.29, 1.82) is 0 Å². The van der Waals surface area contributed by atoms with Crippen molar-refractivity contribution in [2.45, 2.75) is 38.3 Å². The van der Waals surface area contributed by atoms with Gasteiger partial charge >= 0.3 is 0 Å². The second-order valence-corrected chi connectivity index (χ2v) is 4.88. The molecule has 0 radical (unpaired) electrons. The lowest BCUT2D eigenvalue weighted by molar-refractivity contribution is 0.284. The standard InChI is InChI=1S/C13H18N2O/c1-2-11(8-15-12-5-6-12)13(14-7-1)16-9-10-3-4-10/h1-2,7,10,12,15H,3-6,8-9H2. The molecule has 3 nitrogen and oxygen atoms in total. The molecule has 1 aromatic rings. The Bertz CT molecular complexity index is 324. The van der Waals surface area contributed by atoms with Crippen molar-refractivity contribution in [1.82, 2.24) is 10.3 Å². The highest BCUT2D eigenvalue weighted by molar-refractivity contribution is 5.25. The Hall–Kier alpha value is -1.09. The predicted octanol–water partition coefficient (Wildman–Crippen LogP) is 2.12. The van der Waals surface area contributed by atoms with Crippen LogP contribution in [0.1, 0.15) is 31.2 Å². The lowest BCUT2D eigenvalue weighted by Gasteiger charge is -2.10. The Kier molecular flexibility index (Phi) is 2.79. The van der Waals surface area contributed by atoms with E-state index in [1.54, 1.807) is 0 Å². The topological polar surface area (TPSA) is 34.1 Å². The first-order valence-electron chi connectivity index (χ1n) is 6.22. The van der Waals surface area contributed by atoms with Gasteiger partial charge in [-0.05, 0) is 37.7 Å². The molecule has 3 heteroatoms. The lowest BCUT2D eigenvalue weighted by atomic mass is 10.2. The molecular formula is C13H18N2O. The fourth-order valence-electron chi connectivity index (χ4n) is 1.71. The second kappa shape index (κ2) is 4.42. The van der Waals surface area contributed by atoms with Crippen LogP contribution in [0.3, 0.4) is 0 Å². The summed E-state index contributed by atoms with van der Waals surface area (Å²) in [4.78, 5) is 4.31. The minimum Gasteiger partial charge on any atom is -0.477 e. The van der Waals surface area contributed by atoms with Crippen LogP contribution in [0.15, 0.2) is 18.3 Å². The third kappa shape index (κ3) is 2.73.